The Kier molecular flexibility index (Phi) is 7.05. The molecule has 13 heteroatoms. The third-order valence-electron chi connectivity index (χ3n) is 4.00. The van der Waals surface area contributed by atoms with E-state index in [1.54, 1.807) is 0 Å². The molecule has 0 saturated carbocycles. The normalized spacial score (nSPS) is 10.8. The molecule has 1 aromatic carbocycles. The van der Waals surface area contributed by atoms with Crippen LogP contribution in [0.5, 0.6) is 10.8 Å². The van der Waals surface area contributed by atoms with E-state index >= 15 is 0 Å². The summed E-state index contributed by atoms with van der Waals surface area (Å²) in [5.74, 6) is -0.148. The Morgan fingerprint density at radius 3 is 2.61 bits per heavy atom. The molecule has 3 N–H and O–H groups in total. The van der Waals surface area contributed by atoms with Crippen LogP contribution < -0.4 is 20.7 Å². The van der Waals surface area contributed by atoms with Gasteiger partial charge in [0.2, 0.25) is 0 Å². The number of carbonyl (C=O) groups excluding carboxylic acids is 2. The van der Waals surface area contributed by atoms with Gasteiger partial charge in [-0.1, -0.05) is 22.9 Å². The second-order valence-corrected chi connectivity index (χ2v) is 7.67. The molecular formula is C20H13ClF3N5O3S. The number of rotatable bonds is 5. The zero-order valence-electron chi connectivity index (χ0n) is 16.6. The second-order valence-electron chi connectivity index (χ2n) is 6.25. The second kappa shape index (κ2) is 9.76. The summed E-state index contributed by atoms with van der Waals surface area (Å²) >= 11 is 6.48. The fourth-order valence-corrected chi connectivity index (χ4v) is 3.62. The Balaban J connectivity index is 1.74. The van der Waals surface area contributed by atoms with E-state index in [1.807, 2.05) is 6.07 Å². The highest BCUT2D eigenvalue weighted by atomic mass is 35.5. The van der Waals surface area contributed by atoms with Crippen molar-refractivity contribution < 1.29 is 27.5 Å². The van der Waals surface area contributed by atoms with Gasteiger partial charge in [-0.2, -0.15) is 18.4 Å². The molecule has 3 amide bonds. The zero-order valence-corrected chi connectivity index (χ0v) is 18.2. The van der Waals surface area contributed by atoms with E-state index in [0.717, 1.165) is 17.4 Å². The molecule has 170 valence electrons. The van der Waals surface area contributed by atoms with Crippen LogP contribution in [0.4, 0.5) is 28.7 Å². The maximum atomic E-state index is 13.0. The summed E-state index contributed by atoms with van der Waals surface area (Å²) in [7, 11) is 1.45. The highest BCUT2D eigenvalue weighted by Gasteiger charge is 2.33. The van der Waals surface area contributed by atoms with Crippen molar-refractivity contribution in [2.75, 3.05) is 17.7 Å². The van der Waals surface area contributed by atoms with Crippen LogP contribution in [0.3, 0.4) is 0 Å². The number of anilines is 2. The van der Waals surface area contributed by atoms with E-state index < -0.39 is 28.7 Å². The number of nitrogens with one attached hydrogen (secondary N) is 3. The van der Waals surface area contributed by atoms with Gasteiger partial charge in [0.25, 0.3) is 5.91 Å². The van der Waals surface area contributed by atoms with Crippen molar-refractivity contribution in [3.05, 3.63) is 64.4 Å². The smallest absolute Gasteiger partial charge is 0.417 e. The molecule has 0 spiro atoms. The number of nitriles is 1. The number of amides is 3. The number of hydrogen-bond acceptors (Lipinski definition) is 6. The number of benzene rings is 1. The number of alkyl halides is 3. The summed E-state index contributed by atoms with van der Waals surface area (Å²) in [5.41, 5.74) is -1.06. The van der Waals surface area contributed by atoms with Crippen molar-refractivity contribution in [3.8, 4) is 16.9 Å². The maximum absolute atomic E-state index is 13.0. The van der Waals surface area contributed by atoms with Gasteiger partial charge in [0.05, 0.1) is 16.1 Å². The van der Waals surface area contributed by atoms with Gasteiger partial charge in [-0.05, 0) is 24.3 Å². The first-order chi connectivity index (χ1) is 15.6. The van der Waals surface area contributed by atoms with Crippen LogP contribution in [0.25, 0.3) is 0 Å². The fourth-order valence-electron chi connectivity index (χ4n) is 2.52. The standard InChI is InChI=1S/C20H13ClF3N5O3S/c1-26-17(30)15-8-12(4-5-27-15)32-16-6-10(9-25)18(33-16)29-19(31)28-11-2-3-14(21)13(7-11)20(22,23)24/h2-8H,1H3,(H,26,30)(H2,28,29,31). The van der Waals surface area contributed by atoms with Crippen molar-refractivity contribution in [1.29, 1.82) is 5.26 Å². The monoisotopic (exact) mass is 495 g/mol. The number of nitrogens with zero attached hydrogens (tertiary/aromatic N) is 2. The highest BCUT2D eigenvalue weighted by molar-refractivity contribution is 7.18. The van der Waals surface area contributed by atoms with Crippen LogP contribution in [0.2, 0.25) is 5.02 Å². The van der Waals surface area contributed by atoms with Gasteiger partial charge >= 0.3 is 12.2 Å². The Morgan fingerprint density at radius 1 is 1.18 bits per heavy atom. The summed E-state index contributed by atoms with van der Waals surface area (Å²) in [5, 5.41) is 16.3. The summed E-state index contributed by atoms with van der Waals surface area (Å²) in [4.78, 5) is 27.9. The predicted molar refractivity (Wildman–Crippen MR) is 116 cm³/mol. The van der Waals surface area contributed by atoms with E-state index in [9.17, 15) is 28.0 Å². The molecule has 0 fully saturated rings. The molecule has 0 aliphatic carbocycles. The lowest BCUT2D eigenvalue weighted by Gasteiger charge is -2.12. The first-order valence-corrected chi connectivity index (χ1v) is 10.1. The third-order valence-corrected chi connectivity index (χ3v) is 5.25. The summed E-state index contributed by atoms with van der Waals surface area (Å²) in [6, 6.07) is 8.19. The Hall–Kier alpha value is -3.82. The van der Waals surface area contributed by atoms with Crippen LogP contribution in [-0.4, -0.2) is 24.0 Å². The van der Waals surface area contributed by atoms with E-state index in [0.29, 0.717) is 6.07 Å². The van der Waals surface area contributed by atoms with Crippen LogP contribution in [-0.2, 0) is 6.18 Å². The van der Waals surface area contributed by atoms with Gasteiger partial charge in [0.15, 0.2) is 5.06 Å². The number of pyridine rings is 1. The van der Waals surface area contributed by atoms with E-state index in [1.165, 1.54) is 37.5 Å². The minimum atomic E-state index is -4.69. The molecule has 8 nitrogen and oxygen atoms in total. The number of ether oxygens (including phenoxy) is 1. The van der Waals surface area contributed by atoms with Crippen LogP contribution in [0.15, 0.2) is 42.6 Å². The fraction of sp³-hybridized carbons (Fsp3) is 0.100. The average molecular weight is 496 g/mol. The molecule has 33 heavy (non-hydrogen) atoms. The summed E-state index contributed by atoms with van der Waals surface area (Å²) in [6.45, 7) is 0. The molecule has 0 unspecified atom stereocenters. The van der Waals surface area contributed by atoms with Gasteiger partial charge < -0.3 is 15.4 Å². The van der Waals surface area contributed by atoms with Gasteiger partial charge in [-0.15, -0.1) is 0 Å². The Bertz CT molecular complexity index is 1260. The lowest BCUT2D eigenvalue weighted by atomic mass is 10.2. The first kappa shape index (κ1) is 23.8. The molecule has 2 heterocycles. The lowest BCUT2D eigenvalue weighted by molar-refractivity contribution is -0.137. The summed E-state index contributed by atoms with van der Waals surface area (Å²) < 4.78 is 44.6. The SMILES string of the molecule is CNC(=O)c1cc(Oc2cc(C#N)c(NC(=O)Nc3ccc(Cl)c(C(F)(F)F)c3)s2)ccn1. The Labute approximate surface area is 194 Å². The molecule has 0 aliphatic heterocycles. The number of carbonyl (C=O) groups is 2. The number of halogens is 4. The largest absolute Gasteiger partial charge is 0.446 e. The van der Waals surface area contributed by atoms with Crippen molar-refractivity contribution >= 4 is 45.6 Å². The van der Waals surface area contributed by atoms with Gasteiger partial charge in [0.1, 0.15) is 22.5 Å². The number of urea groups is 1. The van der Waals surface area contributed by atoms with E-state index in [4.69, 9.17) is 16.3 Å². The topological polar surface area (TPSA) is 116 Å². The molecule has 0 saturated heterocycles. The zero-order chi connectivity index (χ0) is 24.2. The minimum absolute atomic E-state index is 0.0674. The van der Waals surface area contributed by atoms with Crippen LogP contribution in [0, 0.1) is 11.3 Å². The molecule has 3 aromatic rings. The molecule has 0 radical (unpaired) electrons. The predicted octanol–water partition coefficient (Wildman–Crippen LogP) is 5.48. The quantitative estimate of drug-likeness (QED) is 0.433. The van der Waals surface area contributed by atoms with Crippen LogP contribution >= 0.6 is 22.9 Å². The van der Waals surface area contributed by atoms with Crippen molar-refractivity contribution in [2.45, 2.75) is 6.18 Å². The molecule has 0 aliphatic rings. The maximum Gasteiger partial charge on any atom is 0.417 e. The van der Waals surface area contributed by atoms with Crippen LogP contribution in [0.1, 0.15) is 21.6 Å². The van der Waals surface area contributed by atoms with Gasteiger partial charge in [-0.3, -0.25) is 15.1 Å². The average Bonchev–Trinajstić information content (AvgIpc) is 3.14. The van der Waals surface area contributed by atoms with Gasteiger partial charge in [0, 0.05) is 31.1 Å². The minimum Gasteiger partial charge on any atom is -0.446 e. The van der Waals surface area contributed by atoms with Gasteiger partial charge in [-0.25, -0.2) is 4.79 Å². The van der Waals surface area contributed by atoms with Crippen molar-refractivity contribution in [1.82, 2.24) is 10.3 Å². The van der Waals surface area contributed by atoms with Crippen molar-refractivity contribution in [3.63, 3.8) is 0 Å². The van der Waals surface area contributed by atoms with E-state index in [-0.39, 0.29) is 32.8 Å². The summed E-state index contributed by atoms with van der Waals surface area (Å²) in [6.07, 6.45) is -3.32. The number of aromatic nitrogens is 1. The molecule has 0 atom stereocenters. The molecular weight excluding hydrogens is 483 g/mol. The molecule has 3 rings (SSSR count). The Morgan fingerprint density at radius 2 is 1.94 bits per heavy atom. The van der Waals surface area contributed by atoms with Crippen molar-refractivity contribution in [2.24, 2.45) is 0 Å². The first-order valence-electron chi connectivity index (χ1n) is 8.95. The number of thiophene rings is 1. The molecule has 0 bridgehead atoms. The van der Waals surface area contributed by atoms with E-state index in [2.05, 4.69) is 20.9 Å². The highest BCUT2D eigenvalue weighted by Crippen LogP contribution is 2.38. The lowest BCUT2D eigenvalue weighted by Crippen LogP contribution is -2.19. The number of hydrogen-bond donors (Lipinski definition) is 3. The molecule has 2 aromatic heterocycles. The third kappa shape index (κ3) is 5.91.